The summed E-state index contributed by atoms with van der Waals surface area (Å²) in [6.45, 7) is 0.409. The summed E-state index contributed by atoms with van der Waals surface area (Å²) in [5, 5.41) is 2.48. The lowest BCUT2D eigenvalue weighted by Gasteiger charge is -2.20. The van der Waals surface area contributed by atoms with Gasteiger partial charge in [-0.05, 0) is 54.1 Å². The molecular formula is C23H16BrFN2OS. The summed E-state index contributed by atoms with van der Waals surface area (Å²) in [6, 6.07) is 23.3. The Kier molecular flexibility index (Phi) is 5.83. The molecule has 29 heavy (non-hydrogen) atoms. The lowest BCUT2D eigenvalue weighted by molar-refractivity contribution is 0.0985. The molecule has 1 heterocycles. The molecule has 0 atom stereocenters. The highest BCUT2D eigenvalue weighted by Crippen LogP contribution is 2.30. The van der Waals surface area contributed by atoms with Crippen molar-refractivity contribution in [1.29, 1.82) is 0 Å². The number of anilines is 1. The van der Waals surface area contributed by atoms with Crippen LogP contribution in [0.15, 0.2) is 88.7 Å². The van der Waals surface area contributed by atoms with E-state index in [2.05, 4.69) is 20.9 Å². The van der Waals surface area contributed by atoms with Gasteiger partial charge in [0.1, 0.15) is 5.82 Å². The largest absolute Gasteiger partial charge is 0.279 e. The van der Waals surface area contributed by atoms with Crippen molar-refractivity contribution >= 4 is 38.3 Å². The summed E-state index contributed by atoms with van der Waals surface area (Å²) in [4.78, 5) is 19.6. The van der Waals surface area contributed by atoms with E-state index in [0.29, 0.717) is 22.9 Å². The van der Waals surface area contributed by atoms with E-state index in [9.17, 15) is 9.18 Å². The van der Waals surface area contributed by atoms with Crippen molar-refractivity contribution in [3.05, 3.63) is 106 Å². The second-order valence-corrected chi connectivity index (χ2v) is 8.16. The van der Waals surface area contributed by atoms with Crippen LogP contribution in [-0.2, 0) is 6.54 Å². The molecule has 0 aliphatic heterocycles. The average molecular weight is 467 g/mol. The van der Waals surface area contributed by atoms with E-state index in [4.69, 9.17) is 0 Å². The molecule has 6 heteroatoms. The second-order valence-electron chi connectivity index (χ2n) is 6.41. The number of hydrogen-bond donors (Lipinski definition) is 0. The third-order valence-electron chi connectivity index (χ3n) is 4.38. The van der Waals surface area contributed by atoms with Gasteiger partial charge in [-0.1, -0.05) is 46.3 Å². The van der Waals surface area contributed by atoms with Gasteiger partial charge in [-0.25, -0.2) is 9.37 Å². The molecule has 0 spiro atoms. The number of carbonyl (C=O) groups excluding carboxylic acids is 1. The molecule has 4 rings (SSSR count). The molecule has 1 aromatic heterocycles. The fourth-order valence-electron chi connectivity index (χ4n) is 2.88. The Morgan fingerprint density at radius 3 is 2.34 bits per heavy atom. The van der Waals surface area contributed by atoms with E-state index in [1.54, 1.807) is 29.2 Å². The van der Waals surface area contributed by atoms with E-state index in [-0.39, 0.29) is 11.7 Å². The molecule has 3 aromatic carbocycles. The summed E-state index contributed by atoms with van der Waals surface area (Å²) in [7, 11) is 0. The third kappa shape index (κ3) is 4.60. The van der Waals surface area contributed by atoms with Gasteiger partial charge in [0.15, 0.2) is 5.13 Å². The third-order valence-corrected chi connectivity index (χ3v) is 5.78. The van der Waals surface area contributed by atoms with Crippen LogP contribution in [0.2, 0.25) is 0 Å². The van der Waals surface area contributed by atoms with Crippen LogP contribution in [0.3, 0.4) is 0 Å². The standard InChI is InChI=1S/C23H16BrFN2OS/c24-19-10-6-18(7-11-19)22(28)27(14-16-4-2-1-3-5-16)23-26-21(15-29-23)17-8-12-20(25)13-9-17/h1-13,15H,14H2. The molecule has 0 bridgehead atoms. The van der Waals surface area contributed by atoms with Crippen molar-refractivity contribution in [2.24, 2.45) is 0 Å². The average Bonchev–Trinajstić information content (AvgIpc) is 3.23. The number of benzene rings is 3. The molecule has 0 saturated carbocycles. The Labute approximate surface area is 180 Å². The zero-order valence-corrected chi connectivity index (χ0v) is 17.7. The zero-order valence-electron chi connectivity index (χ0n) is 15.3. The van der Waals surface area contributed by atoms with Crippen LogP contribution >= 0.6 is 27.3 Å². The molecule has 1 amide bonds. The van der Waals surface area contributed by atoms with E-state index in [0.717, 1.165) is 15.6 Å². The Hall–Kier alpha value is -2.83. The Morgan fingerprint density at radius 1 is 0.966 bits per heavy atom. The minimum absolute atomic E-state index is 0.124. The Morgan fingerprint density at radius 2 is 1.66 bits per heavy atom. The minimum atomic E-state index is -0.291. The number of hydrogen-bond acceptors (Lipinski definition) is 3. The molecule has 4 aromatic rings. The first kappa shape index (κ1) is 19.5. The van der Waals surface area contributed by atoms with E-state index in [1.165, 1.54) is 23.5 Å². The number of rotatable bonds is 5. The quantitative estimate of drug-likeness (QED) is 0.333. The monoisotopic (exact) mass is 466 g/mol. The fourth-order valence-corrected chi connectivity index (χ4v) is 3.98. The van der Waals surface area contributed by atoms with Gasteiger partial charge in [0.25, 0.3) is 5.91 Å². The maximum absolute atomic E-state index is 13.3. The molecule has 0 fully saturated rings. The van der Waals surface area contributed by atoms with Gasteiger partial charge in [-0.15, -0.1) is 11.3 Å². The van der Waals surface area contributed by atoms with Crippen LogP contribution < -0.4 is 4.90 Å². The van der Waals surface area contributed by atoms with Crippen molar-refractivity contribution in [3.63, 3.8) is 0 Å². The van der Waals surface area contributed by atoms with Crippen molar-refractivity contribution in [3.8, 4) is 11.3 Å². The first-order chi connectivity index (χ1) is 14.1. The summed E-state index contributed by atoms with van der Waals surface area (Å²) < 4.78 is 14.1. The van der Waals surface area contributed by atoms with Gasteiger partial charge >= 0.3 is 0 Å². The van der Waals surface area contributed by atoms with Gasteiger partial charge in [0.05, 0.1) is 12.2 Å². The highest BCUT2D eigenvalue weighted by Gasteiger charge is 2.21. The predicted octanol–water partition coefficient (Wildman–Crippen LogP) is 6.56. The molecule has 0 N–H and O–H groups in total. The van der Waals surface area contributed by atoms with Gasteiger partial charge in [0.2, 0.25) is 0 Å². The summed E-state index contributed by atoms with van der Waals surface area (Å²) in [6.07, 6.45) is 0. The fraction of sp³-hybridized carbons (Fsp3) is 0.0435. The van der Waals surface area contributed by atoms with Crippen molar-refractivity contribution in [1.82, 2.24) is 4.98 Å². The molecule has 144 valence electrons. The Bertz CT molecular complexity index is 1110. The van der Waals surface area contributed by atoms with Crippen molar-refractivity contribution in [2.45, 2.75) is 6.54 Å². The minimum Gasteiger partial charge on any atom is -0.279 e. The number of nitrogens with zero attached hydrogens (tertiary/aromatic N) is 2. The molecule has 3 nitrogen and oxygen atoms in total. The van der Waals surface area contributed by atoms with Gasteiger partial charge in [-0.2, -0.15) is 0 Å². The highest BCUT2D eigenvalue weighted by atomic mass is 79.9. The number of aromatic nitrogens is 1. The second kappa shape index (κ2) is 8.68. The molecular weight excluding hydrogens is 451 g/mol. The summed E-state index contributed by atoms with van der Waals surface area (Å²) in [5.74, 6) is -0.415. The number of amides is 1. The molecule has 0 saturated heterocycles. The van der Waals surface area contributed by atoms with Gasteiger partial charge in [0, 0.05) is 21.0 Å². The number of thiazole rings is 1. The van der Waals surface area contributed by atoms with E-state index >= 15 is 0 Å². The normalized spacial score (nSPS) is 10.7. The van der Waals surface area contributed by atoms with Crippen LogP contribution in [0.4, 0.5) is 9.52 Å². The summed E-state index contributed by atoms with van der Waals surface area (Å²) >= 11 is 4.80. The van der Waals surface area contributed by atoms with Crippen LogP contribution in [0, 0.1) is 5.82 Å². The lowest BCUT2D eigenvalue weighted by atomic mass is 10.1. The van der Waals surface area contributed by atoms with E-state index < -0.39 is 0 Å². The lowest BCUT2D eigenvalue weighted by Crippen LogP contribution is -2.30. The topological polar surface area (TPSA) is 33.2 Å². The predicted molar refractivity (Wildman–Crippen MR) is 119 cm³/mol. The van der Waals surface area contributed by atoms with Gasteiger partial charge < -0.3 is 0 Å². The zero-order chi connectivity index (χ0) is 20.2. The summed E-state index contributed by atoms with van der Waals surface area (Å²) in [5.41, 5.74) is 3.12. The number of halogens is 2. The van der Waals surface area contributed by atoms with Crippen LogP contribution in [0.1, 0.15) is 15.9 Å². The van der Waals surface area contributed by atoms with Crippen molar-refractivity contribution < 1.29 is 9.18 Å². The first-order valence-electron chi connectivity index (χ1n) is 8.93. The SMILES string of the molecule is O=C(c1ccc(Br)cc1)N(Cc1ccccc1)c1nc(-c2ccc(F)cc2)cs1. The molecule has 0 radical (unpaired) electrons. The highest BCUT2D eigenvalue weighted by molar-refractivity contribution is 9.10. The molecule has 0 unspecified atom stereocenters. The molecule has 0 aliphatic rings. The maximum Gasteiger partial charge on any atom is 0.260 e. The van der Waals surface area contributed by atoms with Gasteiger partial charge in [-0.3, -0.25) is 9.69 Å². The molecule has 0 aliphatic carbocycles. The first-order valence-corrected chi connectivity index (χ1v) is 10.6. The number of carbonyl (C=O) groups is 1. The smallest absolute Gasteiger partial charge is 0.260 e. The van der Waals surface area contributed by atoms with Crippen LogP contribution in [0.25, 0.3) is 11.3 Å². The maximum atomic E-state index is 13.3. The van der Waals surface area contributed by atoms with Crippen LogP contribution in [-0.4, -0.2) is 10.9 Å². The van der Waals surface area contributed by atoms with Crippen molar-refractivity contribution in [2.75, 3.05) is 4.90 Å². The Balaban J connectivity index is 1.69. The van der Waals surface area contributed by atoms with Crippen LogP contribution in [0.5, 0.6) is 0 Å². The van der Waals surface area contributed by atoms with E-state index in [1.807, 2.05) is 47.8 Å².